The normalized spacial score (nSPS) is 23.4. The summed E-state index contributed by atoms with van der Waals surface area (Å²) >= 11 is 3.52. The van der Waals surface area contributed by atoms with E-state index in [4.69, 9.17) is 0 Å². The molecule has 2 atom stereocenters. The van der Waals surface area contributed by atoms with Crippen LogP contribution in [0.3, 0.4) is 0 Å². The fraction of sp³-hybridized carbons (Fsp3) is 0.647. The van der Waals surface area contributed by atoms with Gasteiger partial charge in [0.05, 0.1) is 0 Å². The van der Waals surface area contributed by atoms with Crippen LogP contribution in [-0.2, 0) is 0 Å². The van der Waals surface area contributed by atoms with Gasteiger partial charge in [-0.1, -0.05) is 48.8 Å². The van der Waals surface area contributed by atoms with Crippen LogP contribution in [0.1, 0.15) is 45.7 Å². The molecule has 2 nitrogen and oxygen atoms in total. The summed E-state index contributed by atoms with van der Waals surface area (Å²) < 4.78 is 1.15. The Morgan fingerprint density at radius 2 is 1.90 bits per heavy atom. The Morgan fingerprint density at radius 3 is 2.50 bits per heavy atom. The Hall–Kier alpha value is -0.380. The first-order valence-electron chi connectivity index (χ1n) is 7.61. The van der Waals surface area contributed by atoms with Crippen molar-refractivity contribution in [1.29, 1.82) is 0 Å². The molecular weight excluding hydrogens is 312 g/mol. The monoisotopic (exact) mass is 338 g/mol. The lowest BCUT2D eigenvalue weighted by Gasteiger charge is -2.36. The lowest BCUT2D eigenvalue weighted by molar-refractivity contribution is 0.162. The largest absolute Gasteiger partial charge is 0.312 e. The highest BCUT2D eigenvalue weighted by atomic mass is 79.9. The van der Waals surface area contributed by atoms with Gasteiger partial charge in [-0.05, 0) is 43.0 Å². The van der Waals surface area contributed by atoms with E-state index < -0.39 is 0 Å². The van der Waals surface area contributed by atoms with Crippen LogP contribution in [0.25, 0.3) is 0 Å². The topological polar surface area (TPSA) is 15.3 Å². The summed E-state index contributed by atoms with van der Waals surface area (Å²) in [5.74, 6) is 0. The lowest BCUT2D eigenvalue weighted by Crippen LogP contribution is -2.46. The quantitative estimate of drug-likeness (QED) is 0.868. The zero-order chi connectivity index (χ0) is 14.8. The first-order chi connectivity index (χ1) is 9.38. The summed E-state index contributed by atoms with van der Waals surface area (Å²) in [6, 6.07) is 9.79. The van der Waals surface area contributed by atoms with Crippen molar-refractivity contribution in [3.8, 4) is 0 Å². The SMILES string of the molecule is CC(c1ccc(Br)cc1)N1CCCNC(C(C)(C)C)C1. The van der Waals surface area contributed by atoms with E-state index in [0.717, 1.165) is 17.6 Å². The predicted molar refractivity (Wildman–Crippen MR) is 90.0 cm³/mol. The first-order valence-corrected chi connectivity index (χ1v) is 8.40. The average Bonchev–Trinajstić information content (AvgIpc) is 2.64. The van der Waals surface area contributed by atoms with E-state index in [1.807, 2.05) is 0 Å². The Balaban J connectivity index is 2.11. The minimum Gasteiger partial charge on any atom is -0.312 e. The number of hydrogen-bond acceptors (Lipinski definition) is 2. The molecule has 0 aliphatic carbocycles. The van der Waals surface area contributed by atoms with Gasteiger partial charge in [-0.3, -0.25) is 4.90 Å². The molecule has 0 bridgehead atoms. The summed E-state index contributed by atoms with van der Waals surface area (Å²) in [4.78, 5) is 2.62. The molecule has 0 amide bonds. The molecule has 112 valence electrons. The van der Waals surface area contributed by atoms with E-state index in [1.165, 1.54) is 18.5 Å². The molecule has 0 radical (unpaired) electrons. The van der Waals surface area contributed by atoms with Crippen molar-refractivity contribution in [3.63, 3.8) is 0 Å². The molecule has 1 aliphatic rings. The second kappa shape index (κ2) is 6.59. The number of nitrogens with zero attached hydrogens (tertiary/aromatic N) is 1. The van der Waals surface area contributed by atoms with Crippen molar-refractivity contribution in [2.24, 2.45) is 5.41 Å². The van der Waals surface area contributed by atoms with Gasteiger partial charge < -0.3 is 5.32 Å². The van der Waals surface area contributed by atoms with Gasteiger partial charge in [0.1, 0.15) is 0 Å². The molecule has 1 N–H and O–H groups in total. The second-order valence-corrected chi connectivity index (χ2v) is 7.86. The number of hydrogen-bond donors (Lipinski definition) is 1. The van der Waals surface area contributed by atoms with Crippen LogP contribution in [0, 0.1) is 5.41 Å². The molecule has 20 heavy (non-hydrogen) atoms. The van der Waals surface area contributed by atoms with Crippen LogP contribution in [-0.4, -0.2) is 30.6 Å². The fourth-order valence-corrected chi connectivity index (χ4v) is 3.10. The molecule has 3 heteroatoms. The summed E-state index contributed by atoms with van der Waals surface area (Å²) in [5, 5.41) is 3.72. The lowest BCUT2D eigenvalue weighted by atomic mass is 9.86. The fourth-order valence-electron chi connectivity index (χ4n) is 2.83. The number of rotatable bonds is 2. The highest BCUT2D eigenvalue weighted by Gasteiger charge is 2.29. The molecule has 1 saturated heterocycles. The molecule has 1 aromatic carbocycles. The zero-order valence-corrected chi connectivity index (χ0v) is 14.7. The van der Waals surface area contributed by atoms with Crippen LogP contribution in [0.2, 0.25) is 0 Å². The van der Waals surface area contributed by atoms with E-state index in [-0.39, 0.29) is 0 Å². The third kappa shape index (κ3) is 4.06. The van der Waals surface area contributed by atoms with E-state index in [9.17, 15) is 0 Å². The number of benzene rings is 1. The van der Waals surface area contributed by atoms with Gasteiger partial charge in [0.2, 0.25) is 0 Å². The summed E-state index contributed by atoms with van der Waals surface area (Å²) in [5.41, 5.74) is 1.71. The molecule has 1 heterocycles. The van der Waals surface area contributed by atoms with Crippen LogP contribution in [0.4, 0.5) is 0 Å². The summed E-state index contributed by atoms with van der Waals surface area (Å²) in [7, 11) is 0. The average molecular weight is 339 g/mol. The van der Waals surface area contributed by atoms with Crippen molar-refractivity contribution in [2.75, 3.05) is 19.6 Å². The molecule has 1 aromatic rings. The van der Waals surface area contributed by atoms with Crippen molar-refractivity contribution >= 4 is 15.9 Å². The van der Waals surface area contributed by atoms with Gasteiger partial charge >= 0.3 is 0 Å². The van der Waals surface area contributed by atoms with Crippen LogP contribution < -0.4 is 5.32 Å². The highest BCUT2D eigenvalue weighted by Crippen LogP contribution is 2.27. The maximum atomic E-state index is 3.72. The molecule has 0 aromatic heterocycles. The Kier molecular flexibility index (Phi) is 5.27. The van der Waals surface area contributed by atoms with Crippen LogP contribution in [0.15, 0.2) is 28.7 Å². The maximum Gasteiger partial charge on any atom is 0.0320 e. The third-order valence-corrected chi connectivity index (χ3v) is 4.90. The van der Waals surface area contributed by atoms with E-state index in [0.29, 0.717) is 17.5 Å². The van der Waals surface area contributed by atoms with Crippen LogP contribution in [0.5, 0.6) is 0 Å². The van der Waals surface area contributed by atoms with Gasteiger partial charge in [0.25, 0.3) is 0 Å². The standard InChI is InChI=1S/C17H27BrN2/c1-13(14-6-8-15(18)9-7-14)20-11-5-10-19-16(12-20)17(2,3)4/h6-9,13,16,19H,5,10-12H2,1-4H3. The van der Waals surface area contributed by atoms with Gasteiger partial charge in [-0.25, -0.2) is 0 Å². The maximum absolute atomic E-state index is 3.72. The molecule has 1 aliphatic heterocycles. The zero-order valence-electron chi connectivity index (χ0n) is 13.1. The van der Waals surface area contributed by atoms with Gasteiger partial charge in [0.15, 0.2) is 0 Å². The van der Waals surface area contributed by atoms with Crippen molar-refractivity contribution in [1.82, 2.24) is 10.2 Å². The summed E-state index contributed by atoms with van der Waals surface area (Å²) in [6.07, 6.45) is 1.23. The van der Waals surface area contributed by atoms with Crippen molar-refractivity contribution in [3.05, 3.63) is 34.3 Å². The molecule has 1 fully saturated rings. The van der Waals surface area contributed by atoms with Crippen molar-refractivity contribution < 1.29 is 0 Å². The first kappa shape index (κ1) is 16.0. The van der Waals surface area contributed by atoms with E-state index in [2.05, 4.69) is 78.1 Å². The van der Waals surface area contributed by atoms with Gasteiger partial charge in [-0.15, -0.1) is 0 Å². The van der Waals surface area contributed by atoms with Gasteiger partial charge in [0, 0.05) is 29.6 Å². The van der Waals surface area contributed by atoms with E-state index in [1.54, 1.807) is 0 Å². The molecule has 2 rings (SSSR count). The number of halogens is 1. The molecule has 2 unspecified atom stereocenters. The van der Waals surface area contributed by atoms with Crippen molar-refractivity contribution in [2.45, 2.75) is 46.2 Å². The second-order valence-electron chi connectivity index (χ2n) is 6.95. The van der Waals surface area contributed by atoms with E-state index >= 15 is 0 Å². The Morgan fingerprint density at radius 1 is 1.25 bits per heavy atom. The molecular formula is C17H27BrN2. The molecule has 0 spiro atoms. The third-order valence-electron chi connectivity index (χ3n) is 4.38. The highest BCUT2D eigenvalue weighted by molar-refractivity contribution is 9.10. The minimum atomic E-state index is 0.308. The molecule has 0 saturated carbocycles. The Bertz CT molecular complexity index is 422. The smallest absolute Gasteiger partial charge is 0.0320 e. The summed E-state index contributed by atoms with van der Waals surface area (Å²) in [6.45, 7) is 12.8. The van der Waals surface area contributed by atoms with Crippen LogP contribution >= 0.6 is 15.9 Å². The number of nitrogens with one attached hydrogen (secondary N) is 1. The van der Waals surface area contributed by atoms with Gasteiger partial charge in [-0.2, -0.15) is 0 Å². The Labute approximate surface area is 132 Å². The predicted octanol–water partition coefficient (Wildman–Crippen LogP) is 4.22. The minimum absolute atomic E-state index is 0.308.